The fourth-order valence-electron chi connectivity index (χ4n) is 2.29. The quantitative estimate of drug-likeness (QED) is 0.837. The molecule has 1 atom stereocenters. The molecule has 122 valence electrons. The Hall–Kier alpha value is -1.66. The van der Waals surface area contributed by atoms with Gasteiger partial charge in [0.1, 0.15) is 6.61 Å². The molecule has 5 nitrogen and oxygen atoms in total. The molecule has 0 spiro atoms. The number of rotatable bonds is 7. The summed E-state index contributed by atoms with van der Waals surface area (Å²) >= 11 is 0. The zero-order valence-corrected chi connectivity index (χ0v) is 12.8. The van der Waals surface area contributed by atoms with E-state index in [1.165, 1.54) is 19.2 Å². The van der Waals surface area contributed by atoms with Gasteiger partial charge in [-0.25, -0.2) is 4.39 Å². The second-order valence-corrected chi connectivity index (χ2v) is 5.25. The highest BCUT2D eigenvalue weighted by Gasteiger charge is 2.14. The summed E-state index contributed by atoms with van der Waals surface area (Å²) in [6.45, 7) is 1.44. The number of nitrogens with one attached hydrogen (secondary N) is 1. The number of carbonyl (C=O) groups excluding carboxylic acids is 1. The molecule has 1 aromatic rings. The van der Waals surface area contributed by atoms with Crippen LogP contribution in [0.1, 0.15) is 24.8 Å². The first kappa shape index (κ1) is 16.7. The lowest BCUT2D eigenvalue weighted by molar-refractivity contribution is -0.128. The lowest BCUT2D eigenvalue weighted by Crippen LogP contribution is -2.30. The minimum atomic E-state index is -0.444. The molecule has 0 aromatic heterocycles. The minimum absolute atomic E-state index is 0.0154. The standard InChI is InChI=1S/C16H22FNO4/c1-20-15-6-5-12(8-14(15)17)9-18-16(19)11-21-10-13-4-2-3-7-22-13/h5-6,8,13H,2-4,7,9-11H2,1H3,(H,18,19)/t13-/m0/s1. The maximum absolute atomic E-state index is 13.5. The van der Waals surface area contributed by atoms with E-state index in [0.717, 1.165) is 25.9 Å². The number of ether oxygens (including phenoxy) is 3. The van der Waals surface area contributed by atoms with Gasteiger partial charge in [0.15, 0.2) is 11.6 Å². The zero-order valence-electron chi connectivity index (χ0n) is 12.8. The van der Waals surface area contributed by atoms with Crippen LogP contribution in [0.25, 0.3) is 0 Å². The molecule has 1 fully saturated rings. The van der Waals surface area contributed by atoms with Crippen LogP contribution in [0, 0.1) is 5.82 Å². The van der Waals surface area contributed by atoms with Gasteiger partial charge in [-0.1, -0.05) is 6.07 Å². The normalized spacial score (nSPS) is 18.0. The van der Waals surface area contributed by atoms with Gasteiger partial charge in [0.05, 0.1) is 19.8 Å². The van der Waals surface area contributed by atoms with Crippen molar-refractivity contribution >= 4 is 5.91 Å². The Bertz CT molecular complexity index is 489. The maximum atomic E-state index is 13.5. The molecule has 6 heteroatoms. The van der Waals surface area contributed by atoms with Gasteiger partial charge in [0.25, 0.3) is 0 Å². The average Bonchev–Trinajstić information content (AvgIpc) is 2.54. The van der Waals surface area contributed by atoms with E-state index in [-0.39, 0.29) is 30.9 Å². The third kappa shape index (κ3) is 5.27. The Labute approximate surface area is 129 Å². The highest BCUT2D eigenvalue weighted by Crippen LogP contribution is 2.17. The molecule has 0 bridgehead atoms. The van der Waals surface area contributed by atoms with Gasteiger partial charge >= 0.3 is 0 Å². The SMILES string of the molecule is COc1ccc(CNC(=O)COC[C@@H]2CCCCO2)cc1F. The number of amides is 1. The Morgan fingerprint density at radius 1 is 1.45 bits per heavy atom. The molecular weight excluding hydrogens is 289 g/mol. The smallest absolute Gasteiger partial charge is 0.246 e. The van der Waals surface area contributed by atoms with E-state index in [1.807, 2.05) is 0 Å². The molecule has 1 saturated heterocycles. The molecule has 0 radical (unpaired) electrons. The van der Waals surface area contributed by atoms with E-state index in [9.17, 15) is 9.18 Å². The Balaban J connectivity index is 1.65. The van der Waals surface area contributed by atoms with Crippen molar-refractivity contribution in [2.75, 3.05) is 26.9 Å². The van der Waals surface area contributed by atoms with E-state index in [1.54, 1.807) is 6.07 Å². The first-order valence-electron chi connectivity index (χ1n) is 7.47. The minimum Gasteiger partial charge on any atom is -0.494 e. The van der Waals surface area contributed by atoms with E-state index < -0.39 is 5.82 Å². The first-order chi connectivity index (χ1) is 10.7. The Morgan fingerprint density at radius 3 is 3.00 bits per heavy atom. The molecule has 22 heavy (non-hydrogen) atoms. The van der Waals surface area contributed by atoms with Crippen molar-refractivity contribution in [1.82, 2.24) is 5.32 Å². The van der Waals surface area contributed by atoms with Gasteiger partial charge < -0.3 is 19.5 Å². The molecule has 1 aromatic carbocycles. The molecule has 0 saturated carbocycles. The maximum Gasteiger partial charge on any atom is 0.246 e. The third-order valence-corrected chi connectivity index (χ3v) is 3.52. The number of hydrogen-bond acceptors (Lipinski definition) is 4. The van der Waals surface area contributed by atoms with Crippen LogP contribution in [0.15, 0.2) is 18.2 Å². The van der Waals surface area contributed by atoms with Crippen LogP contribution in [-0.2, 0) is 20.8 Å². The summed E-state index contributed by atoms with van der Waals surface area (Å²) in [7, 11) is 1.41. The van der Waals surface area contributed by atoms with Crippen LogP contribution in [0.5, 0.6) is 5.75 Å². The van der Waals surface area contributed by atoms with Crippen LogP contribution in [0.3, 0.4) is 0 Å². The fourth-order valence-corrected chi connectivity index (χ4v) is 2.29. The van der Waals surface area contributed by atoms with E-state index in [2.05, 4.69) is 5.32 Å². The lowest BCUT2D eigenvalue weighted by atomic mass is 10.1. The summed E-state index contributed by atoms with van der Waals surface area (Å²) in [5.41, 5.74) is 0.669. The highest BCUT2D eigenvalue weighted by atomic mass is 19.1. The summed E-state index contributed by atoms with van der Waals surface area (Å²) in [4.78, 5) is 11.7. The number of halogens is 1. The molecule has 0 aliphatic carbocycles. The summed E-state index contributed by atoms with van der Waals surface area (Å²) in [5.74, 6) is -0.488. The van der Waals surface area contributed by atoms with Gasteiger partial charge in [0, 0.05) is 13.2 Å². The van der Waals surface area contributed by atoms with E-state index >= 15 is 0 Å². The summed E-state index contributed by atoms with van der Waals surface area (Å²) in [5, 5.41) is 2.69. The average molecular weight is 311 g/mol. The molecule has 1 amide bonds. The number of hydrogen-bond donors (Lipinski definition) is 1. The van der Waals surface area contributed by atoms with Crippen LogP contribution in [-0.4, -0.2) is 38.9 Å². The predicted molar refractivity (Wildman–Crippen MR) is 79.2 cm³/mol. The van der Waals surface area contributed by atoms with E-state index in [4.69, 9.17) is 14.2 Å². The van der Waals surface area contributed by atoms with Gasteiger partial charge in [0.2, 0.25) is 5.91 Å². The Kier molecular flexibility index (Phi) is 6.61. The van der Waals surface area contributed by atoms with Gasteiger partial charge in [-0.3, -0.25) is 4.79 Å². The van der Waals surface area contributed by atoms with Gasteiger partial charge in [-0.2, -0.15) is 0 Å². The summed E-state index contributed by atoms with van der Waals surface area (Å²) < 4.78 is 29.2. The van der Waals surface area contributed by atoms with Crippen LogP contribution in [0.2, 0.25) is 0 Å². The fraction of sp³-hybridized carbons (Fsp3) is 0.562. The molecule has 0 unspecified atom stereocenters. The molecule has 1 aliphatic heterocycles. The van der Waals surface area contributed by atoms with Crippen molar-refractivity contribution in [3.8, 4) is 5.75 Å². The van der Waals surface area contributed by atoms with Crippen molar-refractivity contribution in [3.05, 3.63) is 29.6 Å². The van der Waals surface area contributed by atoms with E-state index in [0.29, 0.717) is 12.2 Å². The topological polar surface area (TPSA) is 56.8 Å². The van der Waals surface area contributed by atoms with Crippen molar-refractivity contribution in [3.63, 3.8) is 0 Å². The predicted octanol–water partition coefficient (Wildman–Crippen LogP) is 2.04. The molecule has 2 rings (SSSR count). The van der Waals surface area contributed by atoms with Crippen molar-refractivity contribution in [2.24, 2.45) is 0 Å². The molecule has 1 N–H and O–H groups in total. The van der Waals surface area contributed by atoms with Crippen LogP contribution >= 0.6 is 0 Å². The lowest BCUT2D eigenvalue weighted by Gasteiger charge is -2.22. The van der Waals surface area contributed by atoms with Gasteiger partial charge in [-0.05, 0) is 37.0 Å². The van der Waals surface area contributed by atoms with Crippen LogP contribution < -0.4 is 10.1 Å². The second-order valence-electron chi connectivity index (χ2n) is 5.25. The molecule has 1 heterocycles. The van der Waals surface area contributed by atoms with Crippen LogP contribution in [0.4, 0.5) is 4.39 Å². The second kappa shape index (κ2) is 8.70. The summed E-state index contributed by atoms with van der Waals surface area (Å²) in [6.07, 6.45) is 3.31. The van der Waals surface area contributed by atoms with Gasteiger partial charge in [-0.15, -0.1) is 0 Å². The molecular formula is C16H22FNO4. The molecule has 1 aliphatic rings. The number of carbonyl (C=O) groups is 1. The van der Waals surface area contributed by atoms with Crippen molar-refractivity contribution < 1.29 is 23.4 Å². The largest absolute Gasteiger partial charge is 0.494 e. The highest BCUT2D eigenvalue weighted by molar-refractivity contribution is 5.77. The van der Waals surface area contributed by atoms with Crippen molar-refractivity contribution in [2.45, 2.75) is 31.9 Å². The summed E-state index contributed by atoms with van der Waals surface area (Å²) in [6, 6.07) is 4.59. The number of methoxy groups -OCH3 is 1. The number of benzene rings is 1. The third-order valence-electron chi connectivity index (χ3n) is 3.52. The Morgan fingerprint density at radius 2 is 2.32 bits per heavy atom. The zero-order chi connectivity index (χ0) is 15.8. The monoisotopic (exact) mass is 311 g/mol. The van der Waals surface area contributed by atoms with Crippen molar-refractivity contribution in [1.29, 1.82) is 0 Å². The first-order valence-corrected chi connectivity index (χ1v) is 7.47.